The Kier molecular flexibility index (Phi) is 10.6. The van der Waals surface area contributed by atoms with Crippen LogP contribution in [0.25, 0.3) is 0 Å². The first-order chi connectivity index (χ1) is 22.3. The highest BCUT2D eigenvalue weighted by molar-refractivity contribution is 5.75. The average molecular weight is 661 g/mol. The summed E-state index contributed by atoms with van der Waals surface area (Å²) in [6, 6.07) is 11.6. The van der Waals surface area contributed by atoms with Crippen LogP contribution in [0.2, 0.25) is 0 Å². The molecule has 14 heteroatoms. The van der Waals surface area contributed by atoms with Crippen LogP contribution in [0.4, 0.5) is 8.78 Å². The van der Waals surface area contributed by atoms with Crippen molar-refractivity contribution in [3.63, 3.8) is 0 Å². The van der Waals surface area contributed by atoms with Gasteiger partial charge in [0, 0.05) is 24.4 Å². The predicted molar refractivity (Wildman–Crippen MR) is 160 cm³/mol. The van der Waals surface area contributed by atoms with Crippen molar-refractivity contribution in [1.82, 2.24) is 9.97 Å². The van der Waals surface area contributed by atoms with Gasteiger partial charge in [0.2, 0.25) is 12.2 Å². The zero-order valence-electron chi connectivity index (χ0n) is 26.0. The molecule has 2 fully saturated rings. The third-order valence-electron chi connectivity index (χ3n) is 7.78. The molecule has 2 aromatic heterocycles. The van der Waals surface area contributed by atoms with E-state index in [9.17, 15) is 34.0 Å². The Morgan fingerprint density at radius 2 is 1.70 bits per heavy atom. The summed E-state index contributed by atoms with van der Waals surface area (Å²) in [6.07, 6.45) is -3.18. The number of aromatic nitrogens is 2. The van der Waals surface area contributed by atoms with Crippen molar-refractivity contribution in [3.05, 3.63) is 77.2 Å². The number of ether oxygens (including phenoxy) is 5. The molecule has 4 N–H and O–H groups in total. The molecule has 5 rings (SSSR count). The highest BCUT2D eigenvalue weighted by Crippen LogP contribution is 2.39. The molecule has 1 aliphatic carbocycles. The second-order valence-electron chi connectivity index (χ2n) is 12.0. The Morgan fingerprint density at radius 3 is 2.30 bits per heavy atom. The van der Waals surface area contributed by atoms with E-state index in [-0.39, 0.29) is 36.0 Å². The lowest BCUT2D eigenvalue weighted by molar-refractivity contribution is -0.273. The summed E-state index contributed by atoms with van der Waals surface area (Å²) in [4.78, 5) is 21.0. The fourth-order valence-electron chi connectivity index (χ4n) is 5.11. The molecule has 0 spiro atoms. The summed E-state index contributed by atoms with van der Waals surface area (Å²) in [5.41, 5.74) is 1.55. The fraction of sp³-hybridized carbons (Fsp3) is 0.485. The highest BCUT2D eigenvalue weighted by atomic mass is 19.3. The highest BCUT2D eigenvalue weighted by Gasteiger charge is 2.48. The van der Waals surface area contributed by atoms with Gasteiger partial charge in [-0.3, -0.25) is 4.98 Å². The molecular formula is C33H38F2N2O10. The van der Waals surface area contributed by atoms with Gasteiger partial charge in [-0.1, -0.05) is 18.2 Å². The molecule has 0 amide bonds. The van der Waals surface area contributed by atoms with Gasteiger partial charge in [-0.25, -0.2) is 9.78 Å². The lowest BCUT2D eigenvalue weighted by Gasteiger charge is -2.38. The Bertz CT molecular complexity index is 1500. The van der Waals surface area contributed by atoms with Gasteiger partial charge in [0.1, 0.15) is 23.9 Å². The van der Waals surface area contributed by atoms with Crippen molar-refractivity contribution in [3.8, 4) is 17.4 Å². The van der Waals surface area contributed by atoms with E-state index in [0.717, 1.165) is 29.5 Å². The molecule has 3 aromatic rings. The maximum atomic E-state index is 13.1. The molecule has 0 bridgehead atoms. The van der Waals surface area contributed by atoms with E-state index in [1.54, 1.807) is 51.2 Å². The van der Waals surface area contributed by atoms with Crippen LogP contribution in [0.1, 0.15) is 61.9 Å². The van der Waals surface area contributed by atoms with Gasteiger partial charge in [0.05, 0.1) is 18.4 Å². The van der Waals surface area contributed by atoms with E-state index < -0.39 is 48.9 Å². The predicted octanol–water partition coefficient (Wildman–Crippen LogP) is 2.97. The minimum atomic E-state index is -3.02. The van der Waals surface area contributed by atoms with Gasteiger partial charge in [0.25, 0.3) is 0 Å². The van der Waals surface area contributed by atoms with Crippen molar-refractivity contribution in [2.75, 3.05) is 6.61 Å². The number of carbonyl (C=O) groups excluding carboxylic acids is 1. The van der Waals surface area contributed by atoms with Crippen molar-refractivity contribution in [1.29, 1.82) is 0 Å². The van der Waals surface area contributed by atoms with Crippen LogP contribution >= 0.6 is 0 Å². The maximum absolute atomic E-state index is 13.1. The third-order valence-corrected chi connectivity index (χ3v) is 7.78. The summed E-state index contributed by atoms with van der Waals surface area (Å²) in [7, 11) is 0. The van der Waals surface area contributed by atoms with E-state index in [0.29, 0.717) is 12.1 Å². The number of nitrogens with zero attached hydrogens (tertiary/aromatic N) is 2. The molecule has 1 aromatic carbocycles. The number of hydrogen-bond acceptors (Lipinski definition) is 12. The van der Waals surface area contributed by atoms with E-state index >= 15 is 0 Å². The first kappa shape index (κ1) is 34.4. The molecule has 6 atom stereocenters. The quantitative estimate of drug-likeness (QED) is 0.198. The maximum Gasteiger partial charge on any atom is 0.387 e. The monoisotopic (exact) mass is 660 g/mol. The zero-order valence-corrected chi connectivity index (χ0v) is 26.0. The summed E-state index contributed by atoms with van der Waals surface area (Å²) in [5, 5.41) is 41.3. The lowest BCUT2D eigenvalue weighted by atomic mass is 9.86. The number of esters is 1. The minimum absolute atomic E-state index is 0.00497. The van der Waals surface area contributed by atoms with Crippen molar-refractivity contribution in [2.45, 2.75) is 95.0 Å². The minimum Gasteiger partial charge on any atom is -0.487 e. The van der Waals surface area contributed by atoms with E-state index in [1.807, 2.05) is 6.07 Å². The van der Waals surface area contributed by atoms with Crippen molar-refractivity contribution < 1.29 is 57.7 Å². The molecular weight excluding hydrogens is 622 g/mol. The summed E-state index contributed by atoms with van der Waals surface area (Å²) in [5.74, 6) is -1.14. The van der Waals surface area contributed by atoms with Crippen LogP contribution in [-0.4, -0.2) is 86.4 Å². The first-order valence-electron chi connectivity index (χ1n) is 15.3. The van der Waals surface area contributed by atoms with Gasteiger partial charge >= 0.3 is 12.6 Å². The second-order valence-corrected chi connectivity index (χ2v) is 12.0. The van der Waals surface area contributed by atoms with Gasteiger partial charge < -0.3 is 44.1 Å². The molecule has 254 valence electrons. The van der Waals surface area contributed by atoms with Crippen molar-refractivity contribution >= 4 is 5.97 Å². The van der Waals surface area contributed by atoms with Gasteiger partial charge in [0.15, 0.2) is 17.6 Å². The van der Waals surface area contributed by atoms with Gasteiger partial charge in [-0.15, -0.1) is 0 Å². The summed E-state index contributed by atoms with van der Waals surface area (Å²) < 4.78 is 52.8. The Morgan fingerprint density at radius 1 is 0.957 bits per heavy atom. The largest absolute Gasteiger partial charge is 0.487 e. The fourth-order valence-corrected chi connectivity index (χ4v) is 5.11. The van der Waals surface area contributed by atoms with Crippen LogP contribution in [0, 0.1) is 0 Å². The van der Waals surface area contributed by atoms with Crippen LogP contribution in [0.3, 0.4) is 0 Å². The second kappa shape index (κ2) is 14.4. The molecule has 1 saturated heterocycles. The number of aliphatic hydroxyl groups is 4. The van der Waals surface area contributed by atoms with Crippen LogP contribution in [-0.2, 0) is 26.3 Å². The topological polar surface area (TPSA) is 170 Å². The summed E-state index contributed by atoms with van der Waals surface area (Å²) >= 11 is 0. The number of hydrogen-bond donors (Lipinski definition) is 4. The SMILES string of the molecule is CCOC(=O)C1O[C@@H](Oc2ccc(C[C@H](c3ccc(C(C)(C)O)nc3)c3ccc(OC(F)F)c(OC4CC4)c3)cn2)[C@H](O)C(O)[C@@H]1O. The molecule has 47 heavy (non-hydrogen) atoms. The Balaban J connectivity index is 1.39. The number of alkyl halides is 2. The molecule has 1 aliphatic heterocycles. The normalized spacial score (nSPS) is 23.7. The molecule has 3 heterocycles. The van der Waals surface area contributed by atoms with E-state index in [1.165, 1.54) is 18.3 Å². The van der Waals surface area contributed by atoms with E-state index in [4.69, 9.17) is 23.7 Å². The molecule has 1 saturated carbocycles. The lowest BCUT2D eigenvalue weighted by Crippen LogP contribution is -2.61. The standard InChI is InChI=1S/C33H38F2N2O10/c1-4-43-30(41)29-27(39)26(38)28(40)31(47-29)46-25-12-5-17(15-37-25)13-21(19-7-11-24(36-16-19)33(2,3)42)18-6-10-22(45-32(34)35)23(14-18)44-20-8-9-20/h5-7,10-12,14-16,20-21,26-29,31-32,38-40,42H,4,8-9,13H2,1-3H3/t21-,26?,27-,28+,29?,31+/m0/s1. The smallest absolute Gasteiger partial charge is 0.387 e. The number of halogens is 2. The van der Waals surface area contributed by atoms with Crippen LogP contribution in [0.15, 0.2) is 54.9 Å². The number of rotatable bonds is 13. The molecule has 0 radical (unpaired) electrons. The van der Waals surface area contributed by atoms with Gasteiger partial charge in [-0.2, -0.15) is 8.78 Å². The van der Waals surface area contributed by atoms with Crippen LogP contribution in [0.5, 0.6) is 17.4 Å². The third kappa shape index (κ3) is 8.51. The number of carbonyl (C=O) groups is 1. The average Bonchev–Trinajstić information content (AvgIpc) is 3.85. The Labute approximate surface area is 269 Å². The van der Waals surface area contributed by atoms with E-state index in [2.05, 4.69) is 9.97 Å². The molecule has 2 unspecified atom stereocenters. The van der Waals surface area contributed by atoms with Crippen molar-refractivity contribution in [2.24, 2.45) is 0 Å². The number of pyridine rings is 2. The van der Waals surface area contributed by atoms with Crippen LogP contribution < -0.4 is 14.2 Å². The molecule has 2 aliphatic rings. The van der Waals surface area contributed by atoms with Gasteiger partial charge in [-0.05, 0) is 74.9 Å². The molecule has 12 nitrogen and oxygen atoms in total. The number of benzene rings is 1. The summed E-state index contributed by atoms with van der Waals surface area (Å²) in [6.45, 7) is 1.82. The first-order valence-corrected chi connectivity index (χ1v) is 15.3. The Hall–Kier alpha value is -3.95. The number of aliphatic hydroxyl groups excluding tert-OH is 3. The zero-order chi connectivity index (χ0) is 33.9.